The maximum Gasteiger partial charge on any atom is 0.240 e. The number of amides is 1. The molecule has 2 saturated heterocycles. The van der Waals surface area contributed by atoms with Crippen LogP contribution in [0, 0.1) is 0 Å². The molecule has 2 aliphatic rings. The minimum Gasteiger partial charge on any atom is -0.338 e. The highest BCUT2D eigenvalue weighted by Crippen LogP contribution is 2.23. The van der Waals surface area contributed by atoms with Crippen LogP contribution < -0.4 is 0 Å². The molecule has 1 atom stereocenters. The van der Waals surface area contributed by atoms with Crippen LogP contribution in [0.5, 0.6) is 0 Å². The Morgan fingerprint density at radius 3 is 2.71 bits per heavy atom. The van der Waals surface area contributed by atoms with Gasteiger partial charge in [-0.25, -0.2) is 0 Å². The summed E-state index contributed by atoms with van der Waals surface area (Å²) in [6, 6.07) is 0.575. The van der Waals surface area contributed by atoms with Gasteiger partial charge in [-0.3, -0.25) is 9.69 Å². The fraction of sp³-hybridized carbons (Fsp3) is 0.909. The standard InChI is InChI=1S/C11H20N2O/c1-9(2)13-8-7-12-6-4-3-5-10(12)11(13)14/h9-10H,3-8H2,1-2H3. The van der Waals surface area contributed by atoms with Crippen LogP contribution in [0.15, 0.2) is 0 Å². The summed E-state index contributed by atoms with van der Waals surface area (Å²) >= 11 is 0. The summed E-state index contributed by atoms with van der Waals surface area (Å²) in [5, 5.41) is 0. The number of hydrogen-bond donors (Lipinski definition) is 0. The highest BCUT2D eigenvalue weighted by molar-refractivity contribution is 5.83. The summed E-state index contributed by atoms with van der Waals surface area (Å²) in [6.45, 7) is 7.34. The summed E-state index contributed by atoms with van der Waals surface area (Å²) in [5.41, 5.74) is 0. The van der Waals surface area contributed by atoms with Crippen molar-refractivity contribution in [2.24, 2.45) is 0 Å². The van der Waals surface area contributed by atoms with Crippen LogP contribution in [0.1, 0.15) is 33.1 Å². The number of rotatable bonds is 1. The third kappa shape index (κ3) is 1.65. The van der Waals surface area contributed by atoms with Crippen molar-refractivity contribution in [1.82, 2.24) is 9.80 Å². The summed E-state index contributed by atoms with van der Waals surface area (Å²) in [7, 11) is 0. The van der Waals surface area contributed by atoms with Crippen molar-refractivity contribution in [2.75, 3.05) is 19.6 Å². The minimum atomic E-state index is 0.208. The van der Waals surface area contributed by atoms with E-state index in [2.05, 4.69) is 18.7 Å². The first-order chi connectivity index (χ1) is 6.70. The van der Waals surface area contributed by atoms with Crippen molar-refractivity contribution in [2.45, 2.75) is 45.2 Å². The Morgan fingerprint density at radius 1 is 1.21 bits per heavy atom. The molecule has 3 nitrogen and oxygen atoms in total. The van der Waals surface area contributed by atoms with Gasteiger partial charge in [-0.2, -0.15) is 0 Å². The van der Waals surface area contributed by atoms with Gasteiger partial charge in [-0.05, 0) is 33.2 Å². The molecule has 2 fully saturated rings. The molecule has 0 aromatic carbocycles. The van der Waals surface area contributed by atoms with E-state index in [9.17, 15) is 4.79 Å². The van der Waals surface area contributed by atoms with E-state index in [1.165, 1.54) is 12.8 Å². The number of nitrogens with zero attached hydrogens (tertiary/aromatic N) is 2. The molecule has 2 aliphatic heterocycles. The van der Waals surface area contributed by atoms with Gasteiger partial charge in [0.25, 0.3) is 0 Å². The Bertz CT molecular complexity index is 227. The number of carbonyl (C=O) groups is 1. The van der Waals surface area contributed by atoms with Crippen LogP contribution in [-0.2, 0) is 4.79 Å². The molecule has 0 N–H and O–H groups in total. The lowest BCUT2D eigenvalue weighted by molar-refractivity contribution is -0.145. The second-order valence-corrected chi connectivity index (χ2v) is 4.67. The molecule has 0 saturated carbocycles. The van der Waals surface area contributed by atoms with Gasteiger partial charge in [-0.15, -0.1) is 0 Å². The van der Waals surface area contributed by atoms with Crippen molar-refractivity contribution >= 4 is 5.91 Å². The smallest absolute Gasteiger partial charge is 0.240 e. The molecule has 1 unspecified atom stereocenters. The van der Waals surface area contributed by atoms with E-state index >= 15 is 0 Å². The quantitative estimate of drug-likeness (QED) is 0.627. The minimum absolute atomic E-state index is 0.208. The van der Waals surface area contributed by atoms with Crippen molar-refractivity contribution in [1.29, 1.82) is 0 Å². The van der Waals surface area contributed by atoms with Gasteiger partial charge in [0.1, 0.15) is 0 Å². The summed E-state index contributed by atoms with van der Waals surface area (Å²) in [4.78, 5) is 16.5. The lowest BCUT2D eigenvalue weighted by Crippen LogP contribution is -2.59. The van der Waals surface area contributed by atoms with Crippen LogP contribution in [0.4, 0.5) is 0 Å². The van der Waals surface area contributed by atoms with Crippen LogP contribution in [0.3, 0.4) is 0 Å². The van der Waals surface area contributed by atoms with Gasteiger partial charge in [0, 0.05) is 19.1 Å². The summed E-state index contributed by atoms with van der Waals surface area (Å²) < 4.78 is 0. The van der Waals surface area contributed by atoms with E-state index in [-0.39, 0.29) is 6.04 Å². The van der Waals surface area contributed by atoms with E-state index in [0.29, 0.717) is 11.9 Å². The topological polar surface area (TPSA) is 23.6 Å². The average molecular weight is 196 g/mol. The SMILES string of the molecule is CC(C)N1CCN2CCCCC2C1=O. The molecule has 1 amide bonds. The average Bonchev–Trinajstić information content (AvgIpc) is 2.18. The predicted molar refractivity (Wildman–Crippen MR) is 56.1 cm³/mol. The molecule has 2 heterocycles. The van der Waals surface area contributed by atoms with Crippen molar-refractivity contribution in [3.8, 4) is 0 Å². The Hall–Kier alpha value is -0.570. The molecule has 0 aromatic rings. The second kappa shape index (κ2) is 3.89. The third-order valence-electron chi connectivity index (χ3n) is 3.43. The molecule has 14 heavy (non-hydrogen) atoms. The van der Waals surface area contributed by atoms with Gasteiger partial charge in [-0.1, -0.05) is 6.42 Å². The molecule has 3 heteroatoms. The normalized spacial score (nSPS) is 29.5. The number of piperazine rings is 1. The molecule has 0 aromatic heterocycles. The molecule has 0 aliphatic carbocycles. The first-order valence-corrected chi connectivity index (χ1v) is 5.74. The maximum absolute atomic E-state index is 12.1. The third-order valence-corrected chi connectivity index (χ3v) is 3.43. The lowest BCUT2D eigenvalue weighted by Gasteiger charge is -2.44. The molecular weight excluding hydrogens is 176 g/mol. The monoisotopic (exact) mass is 196 g/mol. The Labute approximate surface area is 86.1 Å². The summed E-state index contributed by atoms with van der Waals surface area (Å²) in [5.74, 6) is 0.367. The number of fused-ring (bicyclic) bond motifs is 1. The highest BCUT2D eigenvalue weighted by atomic mass is 16.2. The van der Waals surface area contributed by atoms with E-state index in [1.54, 1.807) is 0 Å². The van der Waals surface area contributed by atoms with Crippen molar-refractivity contribution in [3.05, 3.63) is 0 Å². The molecular formula is C11H20N2O. The van der Waals surface area contributed by atoms with Crippen LogP contribution in [0.2, 0.25) is 0 Å². The zero-order valence-electron chi connectivity index (χ0n) is 9.20. The Morgan fingerprint density at radius 2 is 2.00 bits per heavy atom. The number of hydrogen-bond acceptors (Lipinski definition) is 2. The molecule has 0 bridgehead atoms. The molecule has 0 spiro atoms. The maximum atomic E-state index is 12.1. The number of carbonyl (C=O) groups excluding carboxylic acids is 1. The Balaban J connectivity index is 2.07. The fourth-order valence-electron chi connectivity index (χ4n) is 2.59. The highest BCUT2D eigenvalue weighted by Gasteiger charge is 2.36. The van der Waals surface area contributed by atoms with Gasteiger partial charge >= 0.3 is 0 Å². The van der Waals surface area contributed by atoms with Gasteiger partial charge in [0.15, 0.2) is 0 Å². The largest absolute Gasteiger partial charge is 0.338 e. The van der Waals surface area contributed by atoms with E-state index in [1.807, 2.05) is 4.90 Å². The fourth-order valence-corrected chi connectivity index (χ4v) is 2.59. The summed E-state index contributed by atoms with van der Waals surface area (Å²) in [6.07, 6.45) is 3.56. The van der Waals surface area contributed by atoms with Crippen molar-refractivity contribution in [3.63, 3.8) is 0 Å². The molecule has 80 valence electrons. The van der Waals surface area contributed by atoms with Gasteiger partial charge < -0.3 is 4.90 Å². The van der Waals surface area contributed by atoms with Crippen LogP contribution in [0.25, 0.3) is 0 Å². The van der Waals surface area contributed by atoms with E-state index in [0.717, 1.165) is 26.1 Å². The first-order valence-electron chi connectivity index (χ1n) is 5.74. The lowest BCUT2D eigenvalue weighted by atomic mass is 9.98. The molecule has 2 rings (SSSR count). The zero-order chi connectivity index (χ0) is 10.1. The Kier molecular flexibility index (Phi) is 2.77. The second-order valence-electron chi connectivity index (χ2n) is 4.67. The van der Waals surface area contributed by atoms with E-state index in [4.69, 9.17) is 0 Å². The first kappa shape index (κ1) is 9.97. The zero-order valence-corrected chi connectivity index (χ0v) is 9.20. The van der Waals surface area contributed by atoms with Gasteiger partial charge in [0.2, 0.25) is 5.91 Å². The van der Waals surface area contributed by atoms with Crippen LogP contribution in [-0.4, -0.2) is 47.4 Å². The molecule has 0 radical (unpaired) electrons. The van der Waals surface area contributed by atoms with E-state index < -0.39 is 0 Å². The van der Waals surface area contributed by atoms with Gasteiger partial charge in [0.05, 0.1) is 6.04 Å². The number of piperidine rings is 1. The van der Waals surface area contributed by atoms with Crippen molar-refractivity contribution < 1.29 is 4.79 Å². The predicted octanol–water partition coefficient (Wildman–Crippen LogP) is 1.09. The van der Waals surface area contributed by atoms with Crippen LogP contribution >= 0.6 is 0 Å².